The number of rotatable bonds is 2. The Labute approximate surface area is 177 Å². The highest BCUT2D eigenvalue weighted by Gasteiger charge is 2.11. The van der Waals surface area contributed by atoms with Gasteiger partial charge < -0.3 is 0 Å². The van der Waals surface area contributed by atoms with Crippen LogP contribution >= 0.6 is 0 Å². The maximum absolute atomic E-state index is 3.49. The molecule has 0 aliphatic rings. The van der Waals surface area contributed by atoms with E-state index >= 15 is 0 Å². The molecule has 0 atom stereocenters. The van der Waals surface area contributed by atoms with Gasteiger partial charge in [0.1, 0.15) is 0 Å². The molecular weight excluding hydrogens is 360 g/mol. The second kappa shape index (κ2) is 8.11. The summed E-state index contributed by atoms with van der Waals surface area (Å²) in [4.78, 5) is 0. The molecule has 0 nitrogen and oxygen atoms in total. The minimum atomic E-state index is 1.02. The summed E-state index contributed by atoms with van der Waals surface area (Å²) < 4.78 is 0. The molecule has 0 heteroatoms. The predicted octanol–water partition coefficient (Wildman–Crippen LogP) is 7.57. The van der Waals surface area contributed by atoms with Crippen LogP contribution in [-0.4, -0.2) is 0 Å². The molecule has 0 spiro atoms. The molecule has 0 saturated carbocycles. The summed E-state index contributed by atoms with van der Waals surface area (Å²) in [5, 5.41) is 2.49. The van der Waals surface area contributed by atoms with Crippen molar-refractivity contribution in [2.45, 2.75) is 0 Å². The van der Waals surface area contributed by atoms with Crippen molar-refractivity contribution in [2.75, 3.05) is 0 Å². The summed E-state index contributed by atoms with van der Waals surface area (Å²) in [5.41, 5.74) is 6.75. The van der Waals surface area contributed by atoms with Gasteiger partial charge >= 0.3 is 0 Å². The molecule has 0 amide bonds. The molecule has 5 aromatic rings. The lowest BCUT2D eigenvalue weighted by Gasteiger charge is -2.12. The molecular formula is C30H20. The highest BCUT2D eigenvalue weighted by Crippen LogP contribution is 2.33. The van der Waals surface area contributed by atoms with Crippen molar-refractivity contribution in [2.24, 2.45) is 0 Å². The van der Waals surface area contributed by atoms with Crippen LogP contribution in [-0.2, 0) is 0 Å². The maximum Gasteiger partial charge on any atom is 0.0405 e. The fraction of sp³-hybridized carbons (Fsp3) is 0. The van der Waals surface area contributed by atoms with E-state index in [2.05, 4.69) is 96.8 Å². The van der Waals surface area contributed by atoms with Gasteiger partial charge in [0.15, 0.2) is 0 Å². The van der Waals surface area contributed by atoms with Crippen LogP contribution in [0.3, 0.4) is 0 Å². The lowest BCUT2D eigenvalue weighted by atomic mass is 9.91. The summed E-state index contributed by atoms with van der Waals surface area (Å²) in [6.07, 6.45) is 0. The lowest BCUT2D eigenvalue weighted by molar-refractivity contribution is 1.56. The Kier molecular flexibility index (Phi) is 4.86. The van der Waals surface area contributed by atoms with Crippen molar-refractivity contribution in [1.82, 2.24) is 0 Å². The third kappa shape index (κ3) is 3.62. The van der Waals surface area contributed by atoms with Crippen molar-refractivity contribution in [1.29, 1.82) is 0 Å². The average molecular weight is 380 g/mol. The molecule has 5 aromatic carbocycles. The van der Waals surface area contributed by atoms with Gasteiger partial charge in [-0.15, -0.1) is 0 Å². The first-order valence-corrected chi connectivity index (χ1v) is 10.1. The summed E-state index contributed by atoms with van der Waals surface area (Å²) in [7, 11) is 0. The molecule has 140 valence electrons. The monoisotopic (exact) mass is 380 g/mol. The van der Waals surface area contributed by atoms with Crippen LogP contribution in [0.5, 0.6) is 0 Å². The smallest absolute Gasteiger partial charge is 0.0405 e. The molecule has 0 radical (unpaired) electrons. The zero-order valence-electron chi connectivity index (χ0n) is 16.5. The van der Waals surface area contributed by atoms with Gasteiger partial charge in [0.2, 0.25) is 0 Å². The maximum atomic E-state index is 3.49. The van der Waals surface area contributed by atoms with Crippen molar-refractivity contribution in [3.8, 4) is 34.1 Å². The molecule has 0 unspecified atom stereocenters. The standard InChI is InChI=1S/C30H20/c1-3-10-23(11-4-1)18-21-30-28(25-13-5-2-6-14-25)16-9-17-29(30)27-20-19-24-12-7-8-15-26(24)22-27/h1-17,19-20,22H. The fourth-order valence-electron chi connectivity index (χ4n) is 3.80. The van der Waals surface area contributed by atoms with E-state index < -0.39 is 0 Å². The van der Waals surface area contributed by atoms with Crippen LogP contribution in [0.25, 0.3) is 33.0 Å². The van der Waals surface area contributed by atoms with Crippen molar-refractivity contribution >= 4 is 10.8 Å². The van der Waals surface area contributed by atoms with E-state index in [0.717, 1.165) is 22.3 Å². The molecule has 0 bridgehead atoms. The highest BCUT2D eigenvalue weighted by molar-refractivity contribution is 5.90. The van der Waals surface area contributed by atoms with E-state index in [1.165, 1.54) is 21.9 Å². The largest absolute Gasteiger partial charge is 0.0622 e. The molecule has 30 heavy (non-hydrogen) atoms. The van der Waals surface area contributed by atoms with Crippen LogP contribution in [0.1, 0.15) is 11.1 Å². The molecule has 0 aliphatic carbocycles. The normalized spacial score (nSPS) is 10.4. The minimum absolute atomic E-state index is 1.02. The molecule has 0 heterocycles. The van der Waals surface area contributed by atoms with E-state index in [-0.39, 0.29) is 0 Å². The average Bonchev–Trinajstić information content (AvgIpc) is 2.83. The summed E-state index contributed by atoms with van der Waals surface area (Å²) in [6.45, 7) is 0. The van der Waals surface area contributed by atoms with Crippen LogP contribution < -0.4 is 0 Å². The van der Waals surface area contributed by atoms with Gasteiger partial charge in [-0.05, 0) is 51.2 Å². The third-order valence-corrected chi connectivity index (χ3v) is 5.32. The van der Waals surface area contributed by atoms with Crippen LogP contribution in [0.4, 0.5) is 0 Å². The van der Waals surface area contributed by atoms with Crippen molar-refractivity contribution < 1.29 is 0 Å². The minimum Gasteiger partial charge on any atom is -0.0622 e. The first-order valence-electron chi connectivity index (χ1n) is 10.1. The second-order valence-corrected chi connectivity index (χ2v) is 7.27. The van der Waals surface area contributed by atoms with E-state index in [4.69, 9.17) is 0 Å². The van der Waals surface area contributed by atoms with Gasteiger partial charge in [-0.2, -0.15) is 0 Å². The lowest BCUT2D eigenvalue weighted by Crippen LogP contribution is -1.90. The van der Waals surface area contributed by atoms with Crippen molar-refractivity contribution in [3.63, 3.8) is 0 Å². The third-order valence-electron chi connectivity index (χ3n) is 5.32. The van der Waals surface area contributed by atoms with Crippen molar-refractivity contribution in [3.05, 3.63) is 132 Å². The van der Waals surface area contributed by atoms with Crippen LogP contribution in [0.15, 0.2) is 121 Å². The Bertz CT molecular complexity index is 1370. The van der Waals surface area contributed by atoms with Gasteiger partial charge in [0.05, 0.1) is 0 Å². The molecule has 0 saturated heterocycles. The van der Waals surface area contributed by atoms with Crippen LogP contribution in [0, 0.1) is 11.8 Å². The Hall–Kier alpha value is -4.08. The first-order chi connectivity index (χ1) is 14.9. The second-order valence-electron chi connectivity index (χ2n) is 7.27. The SMILES string of the molecule is C(#Cc1c(-c2ccccc2)cccc1-c1ccc2ccccc2c1)c1ccccc1. The zero-order chi connectivity index (χ0) is 20.2. The van der Waals surface area contributed by atoms with Crippen LogP contribution in [0.2, 0.25) is 0 Å². The van der Waals surface area contributed by atoms with E-state index in [1.807, 2.05) is 36.4 Å². The molecule has 0 N–H and O–H groups in total. The van der Waals surface area contributed by atoms with E-state index in [1.54, 1.807) is 0 Å². The van der Waals surface area contributed by atoms with Gasteiger partial charge in [-0.3, -0.25) is 0 Å². The summed E-state index contributed by atoms with van der Waals surface area (Å²) in [6, 6.07) is 42.2. The number of benzene rings is 5. The zero-order valence-corrected chi connectivity index (χ0v) is 16.5. The fourth-order valence-corrected chi connectivity index (χ4v) is 3.80. The van der Waals surface area contributed by atoms with E-state index in [9.17, 15) is 0 Å². The topological polar surface area (TPSA) is 0 Å². The Morgan fingerprint density at radius 2 is 1.03 bits per heavy atom. The quantitative estimate of drug-likeness (QED) is 0.277. The summed E-state index contributed by atoms with van der Waals surface area (Å²) in [5.74, 6) is 6.86. The first kappa shape index (κ1) is 18.0. The van der Waals surface area contributed by atoms with Gasteiger partial charge in [-0.25, -0.2) is 0 Å². The Morgan fingerprint density at radius 1 is 0.400 bits per heavy atom. The van der Waals surface area contributed by atoms with Gasteiger partial charge in [0.25, 0.3) is 0 Å². The predicted molar refractivity (Wildman–Crippen MR) is 127 cm³/mol. The Morgan fingerprint density at radius 3 is 1.80 bits per heavy atom. The number of hydrogen-bond donors (Lipinski definition) is 0. The summed E-state index contributed by atoms with van der Waals surface area (Å²) >= 11 is 0. The number of fused-ring (bicyclic) bond motifs is 1. The van der Waals surface area contributed by atoms with Gasteiger partial charge in [-0.1, -0.05) is 115 Å². The Balaban J connectivity index is 1.73. The molecule has 0 aliphatic heterocycles. The molecule has 5 rings (SSSR count). The highest BCUT2D eigenvalue weighted by atomic mass is 14.1. The van der Waals surface area contributed by atoms with E-state index in [0.29, 0.717) is 0 Å². The number of hydrogen-bond acceptors (Lipinski definition) is 0. The molecule has 0 fully saturated rings. The van der Waals surface area contributed by atoms with Gasteiger partial charge in [0, 0.05) is 11.1 Å². The molecule has 0 aromatic heterocycles.